The van der Waals surface area contributed by atoms with Gasteiger partial charge < -0.3 is 14.7 Å². The number of piperidine rings is 1. The molecule has 0 aromatic heterocycles. The minimum Gasteiger partial charge on any atom is -0.490 e. The normalized spacial score (nSPS) is 17.6. The number of benzene rings is 1. The molecule has 1 aliphatic rings. The molecular formula is C14H19F2NO2. The van der Waals surface area contributed by atoms with Gasteiger partial charge in [-0.25, -0.2) is 8.78 Å². The van der Waals surface area contributed by atoms with Crippen LogP contribution in [0.15, 0.2) is 18.2 Å². The summed E-state index contributed by atoms with van der Waals surface area (Å²) < 4.78 is 31.2. The summed E-state index contributed by atoms with van der Waals surface area (Å²) in [5.41, 5.74) is 0. The molecule has 1 saturated heterocycles. The SMILES string of the molecule is OC1CCN(CCCOc2ccc(F)cc2F)CC1. The van der Waals surface area contributed by atoms with E-state index >= 15 is 0 Å². The van der Waals surface area contributed by atoms with Crippen LogP contribution in [0.1, 0.15) is 19.3 Å². The number of aliphatic hydroxyl groups is 1. The second kappa shape index (κ2) is 6.82. The third kappa shape index (κ3) is 4.44. The van der Waals surface area contributed by atoms with Crippen molar-refractivity contribution in [3.05, 3.63) is 29.8 Å². The average Bonchev–Trinajstić information content (AvgIpc) is 2.39. The summed E-state index contributed by atoms with van der Waals surface area (Å²) in [5.74, 6) is -1.17. The smallest absolute Gasteiger partial charge is 0.167 e. The summed E-state index contributed by atoms with van der Waals surface area (Å²) >= 11 is 0. The molecule has 1 heterocycles. The van der Waals surface area contributed by atoms with Crippen LogP contribution >= 0.6 is 0 Å². The quantitative estimate of drug-likeness (QED) is 0.833. The van der Waals surface area contributed by atoms with Crippen molar-refractivity contribution in [1.82, 2.24) is 4.90 Å². The van der Waals surface area contributed by atoms with E-state index in [1.165, 1.54) is 12.1 Å². The summed E-state index contributed by atoms with van der Waals surface area (Å²) in [7, 11) is 0. The van der Waals surface area contributed by atoms with E-state index < -0.39 is 11.6 Å². The van der Waals surface area contributed by atoms with Gasteiger partial charge in [0, 0.05) is 25.7 Å². The highest BCUT2D eigenvalue weighted by Crippen LogP contribution is 2.18. The fourth-order valence-corrected chi connectivity index (χ4v) is 2.21. The molecule has 2 rings (SSSR count). The highest BCUT2D eigenvalue weighted by atomic mass is 19.1. The monoisotopic (exact) mass is 271 g/mol. The van der Waals surface area contributed by atoms with E-state index in [0.29, 0.717) is 6.61 Å². The molecule has 1 aliphatic heterocycles. The lowest BCUT2D eigenvalue weighted by atomic mass is 10.1. The van der Waals surface area contributed by atoms with Crippen molar-refractivity contribution in [2.24, 2.45) is 0 Å². The summed E-state index contributed by atoms with van der Waals surface area (Å²) in [6.07, 6.45) is 2.24. The number of ether oxygens (including phenoxy) is 1. The van der Waals surface area contributed by atoms with Gasteiger partial charge in [-0.1, -0.05) is 0 Å². The number of hydrogen-bond donors (Lipinski definition) is 1. The van der Waals surface area contributed by atoms with Gasteiger partial charge in [-0.15, -0.1) is 0 Å². The summed E-state index contributed by atoms with van der Waals surface area (Å²) in [4.78, 5) is 2.26. The first-order valence-corrected chi connectivity index (χ1v) is 6.63. The van der Waals surface area contributed by atoms with Crippen LogP contribution in [0.2, 0.25) is 0 Å². The van der Waals surface area contributed by atoms with Crippen molar-refractivity contribution in [3.63, 3.8) is 0 Å². The van der Waals surface area contributed by atoms with Crippen molar-refractivity contribution < 1.29 is 18.6 Å². The standard InChI is InChI=1S/C14H19F2NO2/c15-11-2-3-14(13(16)10-11)19-9-1-6-17-7-4-12(18)5-8-17/h2-3,10,12,18H,1,4-9H2. The Morgan fingerprint density at radius 3 is 2.68 bits per heavy atom. The molecule has 0 radical (unpaired) electrons. The van der Waals surface area contributed by atoms with Crippen LogP contribution in [0.3, 0.4) is 0 Å². The lowest BCUT2D eigenvalue weighted by Crippen LogP contribution is -2.36. The number of halogens is 2. The van der Waals surface area contributed by atoms with Gasteiger partial charge in [-0.2, -0.15) is 0 Å². The van der Waals surface area contributed by atoms with Gasteiger partial charge in [0.15, 0.2) is 11.6 Å². The Balaban J connectivity index is 1.66. The Labute approximate surface area is 111 Å². The molecule has 3 nitrogen and oxygen atoms in total. The van der Waals surface area contributed by atoms with Gasteiger partial charge in [-0.3, -0.25) is 0 Å². The molecule has 106 valence electrons. The van der Waals surface area contributed by atoms with E-state index in [0.717, 1.165) is 45.0 Å². The third-order valence-corrected chi connectivity index (χ3v) is 3.33. The molecule has 1 aromatic carbocycles. The molecule has 1 aromatic rings. The minimum absolute atomic E-state index is 0.0930. The first kappa shape index (κ1) is 14.2. The van der Waals surface area contributed by atoms with Gasteiger partial charge in [0.2, 0.25) is 0 Å². The van der Waals surface area contributed by atoms with E-state index in [1.54, 1.807) is 0 Å². The summed E-state index contributed by atoms with van der Waals surface area (Å²) in [5, 5.41) is 9.38. The third-order valence-electron chi connectivity index (χ3n) is 3.33. The number of likely N-dealkylation sites (tertiary alicyclic amines) is 1. The van der Waals surface area contributed by atoms with Crippen molar-refractivity contribution in [2.45, 2.75) is 25.4 Å². The Kier molecular flexibility index (Phi) is 5.10. The predicted molar refractivity (Wildman–Crippen MR) is 68.2 cm³/mol. The number of rotatable bonds is 5. The molecule has 1 N–H and O–H groups in total. The lowest BCUT2D eigenvalue weighted by molar-refractivity contribution is 0.0799. The van der Waals surface area contributed by atoms with Gasteiger partial charge in [0.1, 0.15) is 5.82 Å². The van der Waals surface area contributed by atoms with Gasteiger partial charge in [-0.05, 0) is 31.4 Å². The first-order chi connectivity index (χ1) is 9.15. The highest BCUT2D eigenvalue weighted by molar-refractivity contribution is 5.24. The molecule has 0 saturated carbocycles. The van der Waals surface area contributed by atoms with Crippen LogP contribution in [0.5, 0.6) is 5.75 Å². The van der Waals surface area contributed by atoms with E-state index in [-0.39, 0.29) is 11.9 Å². The summed E-state index contributed by atoms with van der Waals surface area (Å²) in [6.45, 7) is 3.06. The predicted octanol–water partition coefficient (Wildman–Crippen LogP) is 2.19. The van der Waals surface area contributed by atoms with E-state index in [2.05, 4.69) is 4.90 Å². The molecule has 0 unspecified atom stereocenters. The molecule has 0 amide bonds. The van der Waals surface area contributed by atoms with Crippen molar-refractivity contribution in [1.29, 1.82) is 0 Å². The van der Waals surface area contributed by atoms with E-state index in [1.807, 2.05) is 0 Å². The zero-order valence-corrected chi connectivity index (χ0v) is 10.8. The maximum Gasteiger partial charge on any atom is 0.167 e. The fourth-order valence-electron chi connectivity index (χ4n) is 2.21. The first-order valence-electron chi connectivity index (χ1n) is 6.63. The lowest BCUT2D eigenvalue weighted by Gasteiger charge is -2.29. The van der Waals surface area contributed by atoms with E-state index in [4.69, 9.17) is 4.74 Å². The molecule has 19 heavy (non-hydrogen) atoms. The topological polar surface area (TPSA) is 32.7 Å². The number of hydrogen-bond acceptors (Lipinski definition) is 3. The fraction of sp³-hybridized carbons (Fsp3) is 0.571. The average molecular weight is 271 g/mol. The maximum atomic E-state index is 13.3. The second-order valence-electron chi connectivity index (χ2n) is 4.85. The van der Waals surface area contributed by atoms with Crippen LogP contribution in [0.4, 0.5) is 8.78 Å². The Morgan fingerprint density at radius 1 is 1.26 bits per heavy atom. The van der Waals surface area contributed by atoms with Gasteiger partial charge >= 0.3 is 0 Å². The summed E-state index contributed by atoms with van der Waals surface area (Å²) in [6, 6.07) is 3.31. The van der Waals surface area contributed by atoms with Crippen LogP contribution in [-0.4, -0.2) is 42.4 Å². The maximum absolute atomic E-state index is 13.3. The van der Waals surface area contributed by atoms with Crippen LogP contribution in [0, 0.1) is 11.6 Å². The molecule has 5 heteroatoms. The van der Waals surface area contributed by atoms with E-state index in [9.17, 15) is 13.9 Å². The Morgan fingerprint density at radius 2 is 2.00 bits per heavy atom. The molecular weight excluding hydrogens is 252 g/mol. The molecule has 0 bridgehead atoms. The molecule has 0 aliphatic carbocycles. The van der Waals surface area contributed by atoms with Gasteiger partial charge in [0.05, 0.1) is 12.7 Å². The van der Waals surface area contributed by atoms with Crippen molar-refractivity contribution in [3.8, 4) is 5.75 Å². The van der Waals surface area contributed by atoms with Crippen molar-refractivity contribution >= 4 is 0 Å². The molecule has 0 spiro atoms. The van der Waals surface area contributed by atoms with Crippen LogP contribution in [-0.2, 0) is 0 Å². The zero-order valence-electron chi connectivity index (χ0n) is 10.8. The highest BCUT2D eigenvalue weighted by Gasteiger charge is 2.16. The Bertz CT molecular complexity index is 406. The van der Waals surface area contributed by atoms with Crippen molar-refractivity contribution in [2.75, 3.05) is 26.2 Å². The Hall–Kier alpha value is -1.20. The molecule has 0 atom stereocenters. The van der Waals surface area contributed by atoms with Crippen LogP contribution < -0.4 is 4.74 Å². The number of aliphatic hydroxyl groups excluding tert-OH is 1. The van der Waals surface area contributed by atoms with Gasteiger partial charge in [0.25, 0.3) is 0 Å². The largest absolute Gasteiger partial charge is 0.490 e. The zero-order chi connectivity index (χ0) is 13.7. The molecule has 1 fully saturated rings. The second-order valence-corrected chi connectivity index (χ2v) is 4.85. The number of nitrogens with zero attached hydrogens (tertiary/aromatic N) is 1. The van der Waals surface area contributed by atoms with Crippen LogP contribution in [0.25, 0.3) is 0 Å². The minimum atomic E-state index is -0.666.